The van der Waals surface area contributed by atoms with Crippen LogP contribution in [0.5, 0.6) is 5.75 Å². The van der Waals surface area contributed by atoms with Crippen molar-refractivity contribution in [2.24, 2.45) is 0 Å². The summed E-state index contributed by atoms with van der Waals surface area (Å²) in [6.45, 7) is 0. The van der Waals surface area contributed by atoms with E-state index >= 15 is 0 Å². The molecule has 0 aliphatic heterocycles. The van der Waals surface area contributed by atoms with Crippen molar-refractivity contribution in [2.75, 3.05) is 12.4 Å². The van der Waals surface area contributed by atoms with Crippen LogP contribution in [-0.2, 0) is 4.79 Å². The molecular formula is C30H22N2O5S. The first-order valence-electron chi connectivity index (χ1n) is 11.7. The number of para-hydroxylation sites is 1. The van der Waals surface area contributed by atoms with Gasteiger partial charge >= 0.3 is 5.63 Å². The van der Waals surface area contributed by atoms with Crippen LogP contribution in [0.1, 0.15) is 5.76 Å². The van der Waals surface area contributed by atoms with Crippen LogP contribution in [0.2, 0.25) is 0 Å². The second kappa shape index (κ2) is 11.0. The van der Waals surface area contributed by atoms with Gasteiger partial charge in [-0.15, -0.1) is 0 Å². The summed E-state index contributed by atoms with van der Waals surface area (Å²) in [7, 11) is 1.51. The highest BCUT2D eigenvalue weighted by Gasteiger charge is 2.14. The zero-order valence-electron chi connectivity index (χ0n) is 20.3. The predicted molar refractivity (Wildman–Crippen MR) is 152 cm³/mol. The maximum absolute atomic E-state index is 12.6. The smallest absolute Gasteiger partial charge is 0.344 e. The van der Waals surface area contributed by atoms with Crippen molar-refractivity contribution in [1.29, 1.82) is 0 Å². The number of amides is 1. The van der Waals surface area contributed by atoms with E-state index in [-0.39, 0.29) is 5.11 Å². The van der Waals surface area contributed by atoms with Gasteiger partial charge in [-0.2, -0.15) is 0 Å². The first-order valence-corrected chi connectivity index (χ1v) is 12.1. The molecule has 188 valence electrons. The average Bonchev–Trinajstić information content (AvgIpc) is 3.41. The quantitative estimate of drug-likeness (QED) is 0.155. The molecule has 7 nitrogen and oxygen atoms in total. The van der Waals surface area contributed by atoms with Gasteiger partial charge in [-0.3, -0.25) is 10.1 Å². The first-order chi connectivity index (χ1) is 18.5. The molecule has 0 unspecified atom stereocenters. The molecule has 8 heteroatoms. The van der Waals surface area contributed by atoms with Gasteiger partial charge in [0.15, 0.2) is 5.11 Å². The summed E-state index contributed by atoms with van der Waals surface area (Å²) in [5.41, 5.74) is 2.51. The van der Waals surface area contributed by atoms with E-state index < -0.39 is 11.5 Å². The van der Waals surface area contributed by atoms with Gasteiger partial charge in [-0.1, -0.05) is 48.5 Å². The van der Waals surface area contributed by atoms with Crippen LogP contribution in [0.3, 0.4) is 0 Å². The molecule has 0 saturated heterocycles. The number of thiocarbonyl (C=S) groups is 1. The zero-order valence-corrected chi connectivity index (χ0v) is 21.1. The summed E-state index contributed by atoms with van der Waals surface area (Å²) < 4.78 is 16.7. The van der Waals surface area contributed by atoms with Crippen molar-refractivity contribution in [3.05, 3.63) is 113 Å². The molecule has 0 aliphatic rings. The normalized spacial score (nSPS) is 11.0. The molecule has 38 heavy (non-hydrogen) atoms. The maximum atomic E-state index is 12.6. The van der Waals surface area contributed by atoms with E-state index in [1.165, 1.54) is 13.2 Å². The van der Waals surface area contributed by atoms with Gasteiger partial charge in [-0.25, -0.2) is 4.79 Å². The van der Waals surface area contributed by atoms with Gasteiger partial charge in [0, 0.05) is 34.3 Å². The Bertz CT molecular complexity index is 1720. The number of benzene rings is 3. The molecule has 5 rings (SSSR count). The van der Waals surface area contributed by atoms with Crippen molar-refractivity contribution in [3.8, 4) is 28.2 Å². The molecule has 0 atom stereocenters. The number of hydrogen-bond donors (Lipinski definition) is 2. The molecule has 0 spiro atoms. The number of anilines is 1. The lowest BCUT2D eigenvalue weighted by Gasteiger charge is -2.13. The van der Waals surface area contributed by atoms with E-state index in [9.17, 15) is 9.59 Å². The van der Waals surface area contributed by atoms with Gasteiger partial charge in [0.1, 0.15) is 22.9 Å². The molecule has 0 bridgehead atoms. The highest BCUT2D eigenvalue weighted by Crippen LogP contribution is 2.32. The third-order valence-corrected chi connectivity index (χ3v) is 5.92. The topological polar surface area (TPSA) is 93.7 Å². The van der Waals surface area contributed by atoms with Crippen LogP contribution in [0.25, 0.3) is 39.5 Å². The van der Waals surface area contributed by atoms with Crippen LogP contribution in [0, 0.1) is 0 Å². The molecule has 2 aromatic heterocycles. The zero-order chi connectivity index (χ0) is 26.5. The lowest BCUT2D eigenvalue weighted by molar-refractivity contribution is -0.115. The lowest BCUT2D eigenvalue weighted by Crippen LogP contribution is -2.32. The second-order valence-electron chi connectivity index (χ2n) is 8.25. The molecule has 2 heterocycles. The second-order valence-corrected chi connectivity index (χ2v) is 8.65. The molecule has 5 aromatic rings. The Morgan fingerprint density at radius 2 is 1.68 bits per heavy atom. The minimum atomic E-state index is -0.468. The number of nitrogens with one attached hydrogen (secondary N) is 2. The monoisotopic (exact) mass is 522 g/mol. The van der Waals surface area contributed by atoms with Gasteiger partial charge in [-0.05, 0) is 54.7 Å². The fraction of sp³-hybridized carbons (Fsp3) is 0.0333. The Hall–Kier alpha value is -4.95. The highest BCUT2D eigenvalue weighted by molar-refractivity contribution is 7.80. The molecule has 2 N–H and O–H groups in total. The van der Waals surface area contributed by atoms with E-state index in [4.69, 9.17) is 25.8 Å². The van der Waals surface area contributed by atoms with Gasteiger partial charge in [0.25, 0.3) is 0 Å². The van der Waals surface area contributed by atoms with E-state index in [0.29, 0.717) is 39.7 Å². The maximum Gasteiger partial charge on any atom is 0.344 e. The summed E-state index contributed by atoms with van der Waals surface area (Å²) in [6, 6.07) is 27.5. The molecule has 3 aromatic carbocycles. The van der Waals surface area contributed by atoms with E-state index in [1.807, 2.05) is 54.6 Å². The average molecular weight is 523 g/mol. The third-order valence-electron chi connectivity index (χ3n) is 5.71. The van der Waals surface area contributed by atoms with Crippen LogP contribution < -0.4 is 21.0 Å². The van der Waals surface area contributed by atoms with E-state index in [2.05, 4.69) is 10.6 Å². The minimum absolute atomic E-state index is 0.101. The molecule has 0 fully saturated rings. The van der Waals surface area contributed by atoms with Gasteiger partial charge in [0.2, 0.25) is 5.91 Å². The molecule has 0 aliphatic carbocycles. The number of furan rings is 1. The third kappa shape index (κ3) is 5.55. The van der Waals surface area contributed by atoms with Crippen molar-refractivity contribution in [3.63, 3.8) is 0 Å². The first kappa shape index (κ1) is 24.7. The fourth-order valence-corrected chi connectivity index (χ4v) is 4.13. The predicted octanol–water partition coefficient (Wildman–Crippen LogP) is 6.26. The number of carbonyl (C=O) groups excluding carboxylic acids is 1. The number of carbonyl (C=O) groups is 1. The number of fused-ring (bicyclic) bond motifs is 1. The van der Waals surface area contributed by atoms with Gasteiger partial charge < -0.3 is 18.9 Å². The molecule has 1 amide bonds. The molecular weight excluding hydrogens is 500 g/mol. The fourth-order valence-electron chi connectivity index (χ4n) is 3.91. The Morgan fingerprint density at radius 1 is 0.895 bits per heavy atom. The minimum Gasteiger partial charge on any atom is -0.496 e. The number of rotatable bonds is 6. The van der Waals surface area contributed by atoms with Crippen LogP contribution >= 0.6 is 12.2 Å². The number of ether oxygens (including phenoxy) is 1. The van der Waals surface area contributed by atoms with Crippen molar-refractivity contribution in [1.82, 2.24) is 5.32 Å². The van der Waals surface area contributed by atoms with E-state index in [1.54, 1.807) is 42.5 Å². The summed E-state index contributed by atoms with van der Waals surface area (Å²) in [5, 5.41) is 6.45. The Kier molecular flexibility index (Phi) is 7.15. The van der Waals surface area contributed by atoms with Crippen LogP contribution in [0.15, 0.2) is 111 Å². The van der Waals surface area contributed by atoms with Crippen molar-refractivity contribution in [2.45, 2.75) is 0 Å². The largest absolute Gasteiger partial charge is 0.496 e. The van der Waals surface area contributed by atoms with Crippen LogP contribution in [0.4, 0.5) is 5.69 Å². The summed E-state index contributed by atoms with van der Waals surface area (Å²) in [5.74, 6) is 1.27. The number of methoxy groups -OCH3 is 1. The summed E-state index contributed by atoms with van der Waals surface area (Å²) in [6.07, 6.45) is 2.90. The molecule has 0 radical (unpaired) electrons. The van der Waals surface area contributed by atoms with Gasteiger partial charge in [0.05, 0.1) is 12.7 Å². The summed E-state index contributed by atoms with van der Waals surface area (Å²) in [4.78, 5) is 25.0. The van der Waals surface area contributed by atoms with Crippen molar-refractivity contribution >= 4 is 46.0 Å². The summed E-state index contributed by atoms with van der Waals surface area (Å²) >= 11 is 5.28. The van der Waals surface area contributed by atoms with E-state index in [0.717, 1.165) is 10.9 Å². The van der Waals surface area contributed by atoms with Crippen molar-refractivity contribution < 1.29 is 18.4 Å². The standard InChI is InChI=1S/C30H22N2O5S/c1-35-27-18-21(11-14-23(27)24-17-20-9-5-6-10-25(20)37-29(24)34)31-30(38)32-28(33)16-13-22-12-15-26(36-22)19-7-3-2-4-8-19/h2-18H,1H3,(H2,31,32,33,38)/b16-13+. The highest BCUT2D eigenvalue weighted by atomic mass is 32.1. The number of hydrogen-bond acceptors (Lipinski definition) is 6. The Balaban J connectivity index is 1.25. The SMILES string of the molecule is COc1cc(NC(=S)NC(=O)/C=C/c2ccc(-c3ccccc3)o2)ccc1-c1cc2ccccc2oc1=O. The van der Waals surface area contributed by atoms with Crippen LogP contribution in [-0.4, -0.2) is 18.1 Å². The Labute approximate surface area is 223 Å². The lowest BCUT2D eigenvalue weighted by atomic mass is 10.0. The Morgan fingerprint density at radius 3 is 2.50 bits per heavy atom. The molecule has 0 saturated carbocycles.